The van der Waals surface area contributed by atoms with Gasteiger partial charge in [-0.25, -0.2) is 4.98 Å². The molecule has 2 aromatic rings. The third-order valence-electron chi connectivity index (χ3n) is 2.65. The molecule has 1 aliphatic rings. The van der Waals surface area contributed by atoms with E-state index in [9.17, 15) is 0 Å². The molecule has 0 aliphatic carbocycles. The average molecular weight is 249 g/mol. The first-order valence-electron chi connectivity index (χ1n) is 5.18. The zero-order valence-corrected chi connectivity index (χ0v) is 10.4. The van der Waals surface area contributed by atoms with Gasteiger partial charge in [0.2, 0.25) is 0 Å². The molecule has 0 atom stereocenters. The summed E-state index contributed by atoms with van der Waals surface area (Å²) in [6, 6.07) is 6.30. The van der Waals surface area contributed by atoms with E-state index in [1.165, 1.54) is 11.1 Å². The van der Waals surface area contributed by atoms with Crippen LogP contribution in [0.3, 0.4) is 0 Å². The van der Waals surface area contributed by atoms with Gasteiger partial charge in [0.05, 0.1) is 12.3 Å². The Bertz CT molecular complexity index is 521. The minimum Gasteiger partial charge on any atom is -0.493 e. The summed E-state index contributed by atoms with van der Waals surface area (Å²) in [4.78, 5) is 4.53. The van der Waals surface area contributed by atoms with Gasteiger partial charge in [-0.15, -0.1) is 11.3 Å². The van der Waals surface area contributed by atoms with Crippen molar-refractivity contribution >= 4 is 24.0 Å². The minimum absolute atomic E-state index is 0.699. The van der Waals surface area contributed by atoms with E-state index in [1.54, 1.807) is 11.3 Å². The highest BCUT2D eigenvalue weighted by molar-refractivity contribution is 7.79. The van der Waals surface area contributed by atoms with Crippen molar-refractivity contribution in [3.8, 4) is 16.3 Å². The normalized spacial score (nSPS) is 13.6. The van der Waals surface area contributed by atoms with Crippen molar-refractivity contribution in [3.63, 3.8) is 0 Å². The lowest BCUT2D eigenvalue weighted by molar-refractivity contribution is 0.357. The van der Waals surface area contributed by atoms with Gasteiger partial charge in [0.1, 0.15) is 10.8 Å². The molecule has 3 rings (SSSR count). The Morgan fingerprint density at radius 3 is 3.19 bits per heavy atom. The fourth-order valence-electron chi connectivity index (χ4n) is 1.83. The SMILES string of the molecule is SCc1csc(-c2ccc3c(c2)CCO3)n1. The number of fused-ring (bicyclic) bond motifs is 1. The van der Waals surface area contributed by atoms with Gasteiger partial charge in [0.15, 0.2) is 0 Å². The summed E-state index contributed by atoms with van der Waals surface area (Å²) in [6.45, 7) is 0.804. The fraction of sp³-hybridized carbons (Fsp3) is 0.250. The highest BCUT2D eigenvalue weighted by atomic mass is 32.1. The zero-order valence-electron chi connectivity index (χ0n) is 8.64. The molecule has 0 unspecified atom stereocenters. The first-order chi connectivity index (χ1) is 7.86. The number of rotatable bonds is 2. The first kappa shape index (κ1) is 10.2. The molecule has 0 fully saturated rings. The molecule has 4 heteroatoms. The van der Waals surface area contributed by atoms with E-state index < -0.39 is 0 Å². The molecule has 0 bridgehead atoms. The highest BCUT2D eigenvalue weighted by Gasteiger charge is 2.13. The molecule has 1 aliphatic heterocycles. The van der Waals surface area contributed by atoms with E-state index in [0.29, 0.717) is 5.75 Å². The maximum absolute atomic E-state index is 5.49. The lowest BCUT2D eigenvalue weighted by Crippen LogP contribution is -1.85. The zero-order chi connectivity index (χ0) is 11.0. The van der Waals surface area contributed by atoms with E-state index in [4.69, 9.17) is 4.74 Å². The summed E-state index contributed by atoms with van der Waals surface area (Å²) < 4.78 is 5.49. The number of hydrogen-bond donors (Lipinski definition) is 1. The Hall–Kier alpha value is -1.00. The molecule has 0 N–H and O–H groups in total. The topological polar surface area (TPSA) is 22.1 Å². The maximum atomic E-state index is 5.49. The predicted octanol–water partition coefficient (Wildman–Crippen LogP) is 3.17. The molecule has 0 spiro atoms. The summed E-state index contributed by atoms with van der Waals surface area (Å²) in [7, 11) is 0. The van der Waals surface area contributed by atoms with Crippen LogP contribution in [0.5, 0.6) is 5.75 Å². The molecule has 82 valence electrons. The molecule has 0 amide bonds. The Morgan fingerprint density at radius 2 is 2.38 bits per heavy atom. The van der Waals surface area contributed by atoms with Crippen molar-refractivity contribution in [2.75, 3.05) is 6.61 Å². The first-order valence-corrected chi connectivity index (χ1v) is 6.69. The lowest BCUT2D eigenvalue weighted by atomic mass is 10.1. The van der Waals surface area contributed by atoms with E-state index in [2.05, 4.69) is 35.1 Å². The predicted molar refractivity (Wildman–Crippen MR) is 69.4 cm³/mol. The van der Waals surface area contributed by atoms with Gasteiger partial charge in [0, 0.05) is 23.1 Å². The van der Waals surface area contributed by atoms with Crippen LogP contribution in [-0.2, 0) is 12.2 Å². The molecule has 1 aromatic heterocycles. The quantitative estimate of drug-likeness (QED) is 0.826. The number of ether oxygens (including phenoxy) is 1. The summed E-state index contributed by atoms with van der Waals surface area (Å²) in [5.74, 6) is 1.72. The van der Waals surface area contributed by atoms with E-state index in [0.717, 1.165) is 29.5 Å². The third-order valence-corrected chi connectivity index (χ3v) is 3.91. The smallest absolute Gasteiger partial charge is 0.123 e. The molecule has 0 radical (unpaired) electrons. The monoisotopic (exact) mass is 249 g/mol. The van der Waals surface area contributed by atoms with Crippen LogP contribution >= 0.6 is 24.0 Å². The van der Waals surface area contributed by atoms with Gasteiger partial charge in [-0.1, -0.05) is 0 Å². The fourth-order valence-corrected chi connectivity index (χ4v) is 2.93. The molecular formula is C12H11NOS2. The standard InChI is InChI=1S/C12H11NOS2/c15-6-10-7-16-12(13-10)9-1-2-11-8(5-9)3-4-14-11/h1-2,5,7,15H,3-4,6H2. The van der Waals surface area contributed by atoms with Crippen molar-refractivity contribution in [1.29, 1.82) is 0 Å². The Morgan fingerprint density at radius 1 is 1.44 bits per heavy atom. The Balaban J connectivity index is 2.00. The van der Waals surface area contributed by atoms with Crippen molar-refractivity contribution in [3.05, 3.63) is 34.8 Å². The Labute approximate surface area is 104 Å². The van der Waals surface area contributed by atoms with Gasteiger partial charge in [-0.3, -0.25) is 0 Å². The van der Waals surface area contributed by atoms with Crippen LogP contribution in [0.15, 0.2) is 23.6 Å². The van der Waals surface area contributed by atoms with Crippen LogP contribution < -0.4 is 4.74 Å². The van der Waals surface area contributed by atoms with Crippen LogP contribution in [0.1, 0.15) is 11.3 Å². The molecular weight excluding hydrogens is 238 g/mol. The van der Waals surface area contributed by atoms with E-state index in [1.807, 2.05) is 6.07 Å². The summed E-state index contributed by atoms with van der Waals surface area (Å²) >= 11 is 5.90. The molecule has 1 aromatic carbocycles. The molecule has 16 heavy (non-hydrogen) atoms. The van der Waals surface area contributed by atoms with Crippen LogP contribution in [0.4, 0.5) is 0 Å². The number of aromatic nitrogens is 1. The second kappa shape index (κ2) is 4.11. The number of benzene rings is 1. The number of thiol groups is 1. The maximum Gasteiger partial charge on any atom is 0.123 e. The van der Waals surface area contributed by atoms with E-state index >= 15 is 0 Å². The van der Waals surface area contributed by atoms with Gasteiger partial charge >= 0.3 is 0 Å². The average Bonchev–Trinajstić information content (AvgIpc) is 2.96. The van der Waals surface area contributed by atoms with Crippen molar-refractivity contribution in [1.82, 2.24) is 4.98 Å². The molecule has 2 heterocycles. The van der Waals surface area contributed by atoms with Gasteiger partial charge in [-0.2, -0.15) is 12.6 Å². The van der Waals surface area contributed by atoms with Crippen LogP contribution in [0, 0.1) is 0 Å². The summed E-state index contributed by atoms with van der Waals surface area (Å²) in [5, 5.41) is 3.13. The molecule has 0 saturated heterocycles. The number of hydrogen-bond acceptors (Lipinski definition) is 4. The van der Waals surface area contributed by atoms with Crippen LogP contribution in [-0.4, -0.2) is 11.6 Å². The van der Waals surface area contributed by atoms with Crippen molar-refractivity contribution in [2.24, 2.45) is 0 Å². The second-order valence-corrected chi connectivity index (χ2v) is 4.90. The third kappa shape index (κ3) is 1.72. The van der Waals surface area contributed by atoms with Crippen molar-refractivity contribution in [2.45, 2.75) is 12.2 Å². The second-order valence-electron chi connectivity index (χ2n) is 3.72. The van der Waals surface area contributed by atoms with Crippen molar-refractivity contribution < 1.29 is 4.74 Å². The summed E-state index contributed by atoms with van der Waals surface area (Å²) in [5.41, 5.74) is 3.52. The molecule has 0 saturated carbocycles. The Kier molecular flexibility index (Phi) is 2.61. The largest absolute Gasteiger partial charge is 0.493 e. The number of nitrogens with zero attached hydrogens (tertiary/aromatic N) is 1. The van der Waals surface area contributed by atoms with E-state index in [-0.39, 0.29) is 0 Å². The van der Waals surface area contributed by atoms with Crippen LogP contribution in [0.2, 0.25) is 0 Å². The highest BCUT2D eigenvalue weighted by Crippen LogP contribution is 2.31. The lowest BCUT2D eigenvalue weighted by Gasteiger charge is -2.00. The van der Waals surface area contributed by atoms with Gasteiger partial charge < -0.3 is 4.74 Å². The van der Waals surface area contributed by atoms with Gasteiger partial charge in [0.25, 0.3) is 0 Å². The number of thiazole rings is 1. The molecule has 2 nitrogen and oxygen atoms in total. The summed E-state index contributed by atoms with van der Waals surface area (Å²) in [6.07, 6.45) is 1.01. The minimum atomic E-state index is 0.699. The van der Waals surface area contributed by atoms with Gasteiger partial charge in [-0.05, 0) is 23.8 Å². The van der Waals surface area contributed by atoms with Crippen LogP contribution in [0.25, 0.3) is 10.6 Å².